The molecule has 18 heavy (non-hydrogen) atoms. The van der Waals surface area contributed by atoms with Crippen molar-refractivity contribution in [2.45, 2.75) is 45.0 Å². The number of pyridine rings is 1. The molecule has 0 saturated heterocycles. The lowest BCUT2D eigenvalue weighted by Gasteiger charge is -2.28. The Morgan fingerprint density at radius 3 is 2.72 bits per heavy atom. The zero-order valence-corrected chi connectivity index (χ0v) is 13.4. The molecule has 3 nitrogen and oxygen atoms in total. The van der Waals surface area contributed by atoms with E-state index < -0.39 is 0 Å². The molecule has 1 unspecified atom stereocenters. The van der Waals surface area contributed by atoms with Gasteiger partial charge in [-0.1, -0.05) is 6.92 Å². The number of hydrogen-bond acceptors (Lipinski definition) is 2. The number of hydrogen-bond donors (Lipinski definition) is 0. The first-order valence-electron chi connectivity index (χ1n) is 6.05. The van der Waals surface area contributed by atoms with Crippen molar-refractivity contribution in [1.82, 2.24) is 14.5 Å². The molecule has 0 fully saturated rings. The number of imidazole rings is 1. The van der Waals surface area contributed by atoms with Gasteiger partial charge in [-0.05, 0) is 49.2 Å². The average Bonchev–Trinajstić information content (AvgIpc) is 2.68. The Bertz CT molecular complexity index is 575. The minimum absolute atomic E-state index is 0.0476. The quantitative estimate of drug-likeness (QED) is 0.768. The van der Waals surface area contributed by atoms with Gasteiger partial charge in [0.2, 0.25) is 0 Å². The van der Waals surface area contributed by atoms with E-state index in [9.17, 15) is 0 Å². The van der Waals surface area contributed by atoms with Crippen LogP contribution < -0.4 is 0 Å². The molecule has 0 saturated carbocycles. The highest BCUT2D eigenvalue weighted by molar-refractivity contribution is 9.10. The molecule has 0 N–H and O–H groups in total. The van der Waals surface area contributed by atoms with Crippen molar-refractivity contribution in [1.29, 1.82) is 0 Å². The molecule has 1 atom stereocenters. The second-order valence-electron chi connectivity index (χ2n) is 5.08. The smallest absolute Gasteiger partial charge is 0.160 e. The Balaban J connectivity index is 2.79. The van der Waals surface area contributed by atoms with Gasteiger partial charge in [0.05, 0.1) is 5.38 Å². The van der Waals surface area contributed by atoms with Crippen LogP contribution in [0.2, 0.25) is 0 Å². The number of rotatable bonds is 3. The van der Waals surface area contributed by atoms with Crippen LogP contribution >= 0.6 is 27.5 Å². The van der Waals surface area contributed by atoms with Gasteiger partial charge in [-0.3, -0.25) is 0 Å². The number of aromatic nitrogens is 3. The summed E-state index contributed by atoms with van der Waals surface area (Å²) in [4.78, 5) is 9.12. The van der Waals surface area contributed by atoms with E-state index in [2.05, 4.69) is 51.2 Å². The van der Waals surface area contributed by atoms with Crippen molar-refractivity contribution in [2.24, 2.45) is 0 Å². The predicted molar refractivity (Wildman–Crippen MR) is 79.1 cm³/mol. The molecule has 98 valence electrons. The molecule has 0 amide bonds. The second-order valence-corrected chi connectivity index (χ2v) is 6.65. The number of alkyl halides is 1. The third-order valence-corrected chi connectivity index (χ3v) is 3.94. The topological polar surface area (TPSA) is 30.7 Å². The average molecular weight is 331 g/mol. The van der Waals surface area contributed by atoms with Gasteiger partial charge in [-0.2, -0.15) is 0 Å². The maximum absolute atomic E-state index is 6.26. The fraction of sp³-hybridized carbons (Fsp3) is 0.538. The van der Waals surface area contributed by atoms with E-state index in [-0.39, 0.29) is 10.9 Å². The summed E-state index contributed by atoms with van der Waals surface area (Å²) >= 11 is 9.69. The molecule has 0 radical (unpaired) electrons. The van der Waals surface area contributed by atoms with Crippen molar-refractivity contribution < 1.29 is 0 Å². The first kappa shape index (κ1) is 13.8. The van der Waals surface area contributed by atoms with Crippen LogP contribution in [-0.2, 0) is 5.54 Å². The van der Waals surface area contributed by atoms with Crippen LogP contribution in [-0.4, -0.2) is 14.5 Å². The standard InChI is InChI=1S/C13H17BrClN3/c1-5-13(3,4)18-11(8(2)15)17-10-6-9(14)7-16-12(10)18/h6-8H,5H2,1-4H3. The zero-order valence-electron chi connectivity index (χ0n) is 11.0. The van der Waals surface area contributed by atoms with Gasteiger partial charge in [0.1, 0.15) is 11.3 Å². The van der Waals surface area contributed by atoms with Gasteiger partial charge in [-0.25, -0.2) is 9.97 Å². The monoisotopic (exact) mass is 329 g/mol. The summed E-state index contributed by atoms with van der Waals surface area (Å²) in [5.41, 5.74) is 1.73. The highest BCUT2D eigenvalue weighted by Gasteiger charge is 2.27. The Hall–Kier alpha value is -0.610. The van der Waals surface area contributed by atoms with Crippen LogP contribution in [0.25, 0.3) is 11.2 Å². The van der Waals surface area contributed by atoms with Crippen molar-refractivity contribution >= 4 is 38.7 Å². The molecule has 0 spiro atoms. The SMILES string of the molecule is CCC(C)(C)n1c(C(C)Cl)nc2cc(Br)cnc21. The predicted octanol–water partition coefficient (Wildman–Crippen LogP) is 4.64. The Labute approximate surface area is 121 Å². The van der Waals surface area contributed by atoms with E-state index in [4.69, 9.17) is 11.6 Å². The number of fused-ring (bicyclic) bond motifs is 1. The van der Waals surface area contributed by atoms with Crippen LogP contribution in [0.4, 0.5) is 0 Å². The Morgan fingerprint density at radius 2 is 2.17 bits per heavy atom. The largest absolute Gasteiger partial charge is 0.306 e. The maximum atomic E-state index is 6.26. The maximum Gasteiger partial charge on any atom is 0.160 e. The van der Waals surface area contributed by atoms with Gasteiger partial charge in [0, 0.05) is 16.2 Å². The molecule has 2 heterocycles. The van der Waals surface area contributed by atoms with Gasteiger partial charge in [0.15, 0.2) is 5.65 Å². The first-order valence-corrected chi connectivity index (χ1v) is 7.28. The lowest BCUT2D eigenvalue weighted by Crippen LogP contribution is -2.27. The van der Waals surface area contributed by atoms with Crippen LogP contribution in [0.3, 0.4) is 0 Å². The second kappa shape index (κ2) is 4.82. The van der Waals surface area contributed by atoms with E-state index in [1.165, 1.54) is 0 Å². The minimum Gasteiger partial charge on any atom is -0.306 e. The Kier molecular flexibility index (Phi) is 3.70. The zero-order chi connectivity index (χ0) is 13.5. The van der Waals surface area contributed by atoms with Gasteiger partial charge < -0.3 is 4.57 Å². The van der Waals surface area contributed by atoms with Crippen LogP contribution in [0.1, 0.15) is 45.3 Å². The summed E-state index contributed by atoms with van der Waals surface area (Å²) < 4.78 is 3.09. The summed E-state index contributed by atoms with van der Waals surface area (Å²) in [5, 5.41) is -0.135. The molecule has 0 aliphatic heterocycles. The van der Waals surface area contributed by atoms with Crippen LogP contribution in [0, 0.1) is 0 Å². The molecule has 0 aromatic carbocycles. The van der Waals surface area contributed by atoms with E-state index in [1.54, 1.807) is 6.20 Å². The minimum atomic E-state index is -0.135. The van der Waals surface area contributed by atoms with Crippen LogP contribution in [0.5, 0.6) is 0 Å². The van der Waals surface area contributed by atoms with Gasteiger partial charge >= 0.3 is 0 Å². The molecule has 2 aromatic heterocycles. The highest BCUT2D eigenvalue weighted by atomic mass is 79.9. The molecule has 0 bridgehead atoms. The summed E-state index contributed by atoms with van der Waals surface area (Å²) in [6, 6.07) is 1.98. The third-order valence-electron chi connectivity index (χ3n) is 3.32. The summed E-state index contributed by atoms with van der Waals surface area (Å²) in [6.45, 7) is 8.47. The molecule has 2 rings (SSSR count). The lowest BCUT2D eigenvalue weighted by molar-refractivity contribution is 0.339. The summed E-state index contributed by atoms with van der Waals surface area (Å²) in [7, 11) is 0. The normalized spacial score (nSPS) is 14.1. The van der Waals surface area contributed by atoms with Crippen molar-refractivity contribution in [3.05, 3.63) is 22.6 Å². The number of halogens is 2. The van der Waals surface area contributed by atoms with E-state index in [0.29, 0.717) is 0 Å². The number of nitrogens with zero attached hydrogens (tertiary/aromatic N) is 3. The van der Waals surface area contributed by atoms with E-state index >= 15 is 0 Å². The van der Waals surface area contributed by atoms with Crippen molar-refractivity contribution in [2.75, 3.05) is 0 Å². The summed E-state index contributed by atoms with van der Waals surface area (Å²) in [5.74, 6) is 0.879. The molecule has 0 aliphatic carbocycles. The fourth-order valence-corrected chi connectivity index (χ4v) is 2.45. The van der Waals surface area contributed by atoms with Gasteiger partial charge in [-0.15, -0.1) is 11.6 Å². The summed E-state index contributed by atoms with van der Waals surface area (Å²) in [6.07, 6.45) is 2.79. The molecule has 2 aromatic rings. The van der Waals surface area contributed by atoms with Crippen molar-refractivity contribution in [3.8, 4) is 0 Å². The van der Waals surface area contributed by atoms with Crippen molar-refractivity contribution in [3.63, 3.8) is 0 Å². The molecule has 0 aliphatic rings. The molecular formula is C13H17BrClN3. The first-order chi connectivity index (χ1) is 8.36. The molecular weight excluding hydrogens is 314 g/mol. The highest BCUT2D eigenvalue weighted by Crippen LogP contribution is 2.32. The fourth-order valence-electron chi connectivity index (χ4n) is 1.98. The molecule has 5 heteroatoms. The van der Waals surface area contributed by atoms with E-state index in [1.807, 2.05) is 13.0 Å². The third kappa shape index (κ3) is 2.28. The Morgan fingerprint density at radius 1 is 1.50 bits per heavy atom. The van der Waals surface area contributed by atoms with Gasteiger partial charge in [0.25, 0.3) is 0 Å². The van der Waals surface area contributed by atoms with E-state index in [0.717, 1.165) is 27.9 Å². The lowest BCUT2D eigenvalue weighted by atomic mass is 10.0. The van der Waals surface area contributed by atoms with Crippen LogP contribution in [0.15, 0.2) is 16.7 Å².